The van der Waals surface area contributed by atoms with Crippen molar-refractivity contribution < 1.29 is 0 Å². The summed E-state index contributed by atoms with van der Waals surface area (Å²) in [4.78, 5) is 4.95. The van der Waals surface area contributed by atoms with Gasteiger partial charge in [-0.1, -0.05) is 125 Å². The topological polar surface area (TPSA) is 6.48 Å². The molecule has 0 unspecified atom stereocenters. The lowest BCUT2D eigenvalue weighted by atomic mass is 9.71. The van der Waals surface area contributed by atoms with Crippen molar-refractivity contribution in [2.75, 3.05) is 9.80 Å². The molecule has 1 aromatic heterocycles. The molecule has 0 N–H and O–H groups in total. The first-order chi connectivity index (χ1) is 24.8. The Morgan fingerprint density at radius 3 is 1.55 bits per heavy atom. The van der Waals surface area contributed by atoms with Crippen LogP contribution in [-0.4, -0.2) is 0 Å². The second-order valence-electron chi connectivity index (χ2n) is 15.0. The number of nitrogens with zero attached hydrogens (tertiary/aromatic N) is 2. The SMILES string of the molecule is CC1(C)c2ccccc2N(c2ccccc2)c2ccc(-c3ccc4c(c3)C(C)(C)c3ccccc3N4c3cccc4c3sc3ccccc34)cc21. The van der Waals surface area contributed by atoms with Gasteiger partial charge in [-0.15, -0.1) is 11.3 Å². The van der Waals surface area contributed by atoms with E-state index >= 15 is 0 Å². The molecule has 2 aliphatic rings. The zero-order valence-corrected chi connectivity index (χ0v) is 30.1. The third-order valence-corrected chi connectivity index (χ3v) is 12.6. The molecule has 0 amide bonds. The molecule has 246 valence electrons. The third kappa shape index (κ3) is 4.34. The Balaban J connectivity index is 1.16. The molecular weight excluding hydrogens is 637 g/mol. The minimum Gasteiger partial charge on any atom is -0.310 e. The first-order valence-electron chi connectivity index (χ1n) is 17.9. The number of para-hydroxylation sites is 3. The minimum absolute atomic E-state index is 0.167. The highest BCUT2D eigenvalue weighted by molar-refractivity contribution is 7.26. The number of thiophene rings is 1. The second kappa shape index (κ2) is 10.9. The molecule has 10 rings (SSSR count). The van der Waals surface area contributed by atoms with Crippen LogP contribution >= 0.6 is 11.3 Å². The molecule has 0 saturated carbocycles. The van der Waals surface area contributed by atoms with Crippen molar-refractivity contribution in [3.8, 4) is 11.1 Å². The van der Waals surface area contributed by atoms with E-state index in [9.17, 15) is 0 Å². The summed E-state index contributed by atoms with van der Waals surface area (Å²) in [6, 6.07) is 58.5. The molecule has 8 aromatic rings. The molecule has 0 bridgehead atoms. The van der Waals surface area contributed by atoms with Crippen LogP contribution in [0, 0.1) is 0 Å². The van der Waals surface area contributed by atoms with E-state index in [1.54, 1.807) is 0 Å². The Bertz CT molecular complexity index is 2660. The van der Waals surface area contributed by atoms with E-state index in [0.29, 0.717) is 0 Å². The molecule has 0 spiro atoms. The van der Waals surface area contributed by atoms with Gasteiger partial charge in [-0.05, 0) is 94.0 Å². The van der Waals surface area contributed by atoms with Crippen molar-refractivity contribution in [3.63, 3.8) is 0 Å². The molecule has 0 aliphatic carbocycles. The fourth-order valence-electron chi connectivity index (χ4n) is 8.79. The monoisotopic (exact) mass is 674 g/mol. The molecule has 0 saturated heterocycles. The van der Waals surface area contributed by atoms with E-state index in [1.807, 2.05) is 11.3 Å². The van der Waals surface area contributed by atoms with E-state index in [0.717, 1.165) is 0 Å². The zero-order valence-electron chi connectivity index (χ0n) is 29.3. The molecule has 3 heteroatoms. The number of hydrogen-bond donors (Lipinski definition) is 0. The smallest absolute Gasteiger partial charge is 0.0640 e. The van der Waals surface area contributed by atoms with Gasteiger partial charge in [0.2, 0.25) is 0 Å². The highest BCUT2D eigenvalue weighted by Gasteiger charge is 2.39. The van der Waals surface area contributed by atoms with Crippen molar-refractivity contribution in [1.29, 1.82) is 0 Å². The van der Waals surface area contributed by atoms with Crippen LogP contribution in [0.5, 0.6) is 0 Å². The summed E-state index contributed by atoms with van der Waals surface area (Å²) < 4.78 is 2.65. The van der Waals surface area contributed by atoms with Crippen LogP contribution in [-0.2, 0) is 10.8 Å². The molecule has 51 heavy (non-hydrogen) atoms. The fraction of sp³-hybridized carbons (Fsp3) is 0.125. The lowest BCUT2D eigenvalue weighted by Crippen LogP contribution is -2.31. The van der Waals surface area contributed by atoms with Gasteiger partial charge in [-0.2, -0.15) is 0 Å². The maximum Gasteiger partial charge on any atom is 0.0640 e. The largest absolute Gasteiger partial charge is 0.310 e. The summed E-state index contributed by atoms with van der Waals surface area (Å²) in [6.07, 6.45) is 0. The number of rotatable bonds is 3. The third-order valence-electron chi connectivity index (χ3n) is 11.4. The van der Waals surface area contributed by atoms with Gasteiger partial charge in [0.25, 0.3) is 0 Å². The average Bonchev–Trinajstić information content (AvgIpc) is 3.55. The van der Waals surface area contributed by atoms with Gasteiger partial charge < -0.3 is 9.80 Å². The van der Waals surface area contributed by atoms with Crippen LogP contribution < -0.4 is 9.80 Å². The lowest BCUT2D eigenvalue weighted by Gasteiger charge is -2.43. The van der Waals surface area contributed by atoms with E-state index in [4.69, 9.17) is 0 Å². The summed E-state index contributed by atoms with van der Waals surface area (Å²) in [5.41, 5.74) is 14.9. The van der Waals surface area contributed by atoms with Crippen LogP contribution in [0.1, 0.15) is 49.9 Å². The highest BCUT2D eigenvalue weighted by Crippen LogP contribution is 2.56. The van der Waals surface area contributed by atoms with Crippen LogP contribution in [0.25, 0.3) is 31.3 Å². The Labute approximate surface area is 303 Å². The summed E-state index contributed by atoms with van der Waals surface area (Å²) in [5, 5.41) is 2.64. The van der Waals surface area contributed by atoms with E-state index in [-0.39, 0.29) is 10.8 Å². The maximum atomic E-state index is 2.52. The van der Waals surface area contributed by atoms with Crippen molar-refractivity contribution in [1.82, 2.24) is 0 Å². The molecule has 0 radical (unpaired) electrons. The normalized spacial score (nSPS) is 15.3. The van der Waals surface area contributed by atoms with E-state index in [1.165, 1.54) is 87.7 Å². The molecule has 3 heterocycles. The lowest BCUT2D eigenvalue weighted by molar-refractivity contribution is 0.631. The average molecular weight is 675 g/mol. The van der Waals surface area contributed by atoms with E-state index < -0.39 is 0 Å². The van der Waals surface area contributed by atoms with Crippen molar-refractivity contribution >= 4 is 65.6 Å². The maximum absolute atomic E-state index is 2.52. The Kier molecular flexibility index (Phi) is 6.47. The zero-order chi connectivity index (χ0) is 34.5. The number of benzene rings is 7. The Morgan fingerprint density at radius 2 is 0.882 bits per heavy atom. The molecule has 2 aliphatic heterocycles. The minimum atomic E-state index is -0.191. The summed E-state index contributed by atoms with van der Waals surface area (Å²) in [5.74, 6) is 0. The van der Waals surface area contributed by atoms with Gasteiger partial charge in [-0.25, -0.2) is 0 Å². The number of anilines is 6. The number of hydrogen-bond acceptors (Lipinski definition) is 3. The molecule has 0 atom stereocenters. The van der Waals surface area contributed by atoms with Crippen LogP contribution in [0.4, 0.5) is 34.1 Å². The molecule has 7 aromatic carbocycles. The second-order valence-corrected chi connectivity index (χ2v) is 16.1. The fourth-order valence-corrected chi connectivity index (χ4v) is 10.00. The van der Waals surface area contributed by atoms with Gasteiger partial charge in [0, 0.05) is 32.0 Å². The van der Waals surface area contributed by atoms with Crippen LogP contribution in [0.15, 0.2) is 158 Å². The summed E-state index contributed by atoms with van der Waals surface area (Å²) in [7, 11) is 0. The molecule has 2 nitrogen and oxygen atoms in total. The van der Waals surface area contributed by atoms with Gasteiger partial charge in [-0.3, -0.25) is 0 Å². The first-order valence-corrected chi connectivity index (χ1v) is 18.7. The first kappa shape index (κ1) is 30.2. The van der Waals surface area contributed by atoms with Gasteiger partial charge in [0.05, 0.1) is 33.1 Å². The van der Waals surface area contributed by atoms with Crippen molar-refractivity contribution in [2.24, 2.45) is 0 Å². The van der Waals surface area contributed by atoms with Crippen molar-refractivity contribution in [3.05, 3.63) is 180 Å². The highest BCUT2D eigenvalue weighted by atomic mass is 32.1. The van der Waals surface area contributed by atoms with Crippen LogP contribution in [0.3, 0.4) is 0 Å². The van der Waals surface area contributed by atoms with Crippen LogP contribution in [0.2, 0.25) is 0 Å². The van der Waals surface area contributed by atoms with Gasteiger partial charge in [0.15, 0.2) is 0 Å². The summed E-state index contributed by atoms with van der Waals surface area (Å²) >= 11 is 1.89. The Morgan fingerprint density at radius 1 is 0.392 bits per heavy atom. The quantitative estimate of drug-likeness (QED) is 0.184. The van der Waals surface area contributed by atoms with Gasteiger partial charge >= 0.3 is 0 Å². The summed E-state index contributed by atoms with van der Waals surface area (Å²) in [6.45, 7) is 9.51. The Hall–Kier alpha value is -5.64. The standard InChI is InChI=1S/C48H38N2S/c1-47(2)36-19-9-11-21-40(36)49(33-15-6-5-7-16-33)42-27-25-31(29-38(42)47)32-26-28-43-39(30-32)48(3,4)37-20-10-12-22-41(37)50(43)44-23-14-18-35-34-17-8-13-24-45(34)51-46(35)44/h5-30H,1-4H3. The molecule has 0 fully saturated rings. The van der Waals surface area contributed by atoms with E-state index in [2.05, 4.69) is 195 Å². The van der Waals surface area contributed by atoms with Gasteiger partial charge in [0.1, 0.15) is 0 Å². The van der Waals surface area contributed by atoms with Crippen molar-refractivity contribution in [2.45, 2.75) is 38.5 Å². The molecular formula is C48H38N2S. The predicted molar refractivity (Wildman–Crippen MR) is 218 cm³/mol. The predicted octanol–water partition coefficient (Wildman–Crippen LogP) is 13.9. The number of fused-ring (bicyclic) bond motifs is 7.